The summed E-state index contributed by atoms with van der Waals surface area (Å²) in [5, 5.41) is 11.9. The van der Waals surface area contributed by atoms with Crippen molar-refractivity contribution in [1.29, 1.82) is 0 Å². The summed E-state index contributed by atoms with van der Waals surface area (Å²) in [5.41, 5.74) is 0. The molecule has 0 bridgehead atoms. The minimum atomic E-state index is -0.703. The van der Waals surface area contributed by atoms with Gasteiger partial charge in [-0.1, -0.05) is 6.92 Å². The average Bonchev–Trinajstić information content (AvgIpc) is 2.73. The zero-order valence-electron chi connectivity index (χ0n) is 9.48. The number of amides is 1. The molecule has 0 saturated carbocycles. The first-order chi connectivity index (χ1) is 7.56. The maximum atomic E-state index is 11.0. The van der Waals surface area contributed by atoms with Gasteiger partial charge in [0.05, 0.1) is 5.92 Å². The molecule has 0 spiro atoms. The van der Waals surface area contributed by atoms with E-state index < -0.39 is 5.97 Å². The highest BCUT2D eigenvalue weighted by molar-refractivity contribution is 5.78. The first kappa shape index (κ1) is 11.4. The average molecular weight is 226 g/mol. The maximum Gasteiger partial charge on any atom is 0.308 e. The fourth-order valence-corrected chi connectivity index (χ4v) is 2.66. The standard InChI is InChI=1S/C11H18N2O3/c1-7-4-13(6-9(7)11(15)16)5-8-2-3-10(14)12-8/h7-9H,2-6H2,1H3,(H,12,14)(H,15,16). The Hall–Kier alpha value is -1.10. The normalized spacial score (nSPS) is 35.3. The van der Waals surface area contributed by atoms with Crippen LogP contribution in [0.25, 0.3) is 0 Å². The van der Waals surface area contributed by atoms with Crippen LogP contribution in [0.3, 0.4) is 0 Å². The van der Waals surface area contributed by atoms with Crippen LogP contribution in [-0.4, -0.2) is 47.6 Å². The molecule has 0 aromatic heterocycles. The Labute approximate surface area is 94.8 Å². The molecule has 5 nitrogen and oxygen atoms in total. The molecule has 90 valence electrons. The number of likely N-dealkylation sites (tertiary alicyclic amines) is 1. The topological polar surface area (TPSA) is 69.6 Å². The maximum absolute atomic E-state index is 11.0. The summed E-state index contributed by atoms with van der Waals surface area (Å²) in [4.78, 5) is 24.1. The highest BCUT2D eigenvalue weighted by atomic mass is 16.4. The van der Waals surface area contributed by atoms with Gasteiger partial charge in [-0.15, -0.1) is 0 Å². The molecule has 2 aliphatic heterocycles. The Morgan fingerprint density at radius 1 is 1.56 bits per heavy atom. The van der Waals surface area contributed by atoms with Crippen LogP contribution in [0.4, 0.5) is 0 Å². The Morgan fingerprint density at radius 3 is 2.81 bits per heavy atom. The number of carboxylic acids is 1. The largest absolute Gasteiger partial charge is 0.481 e. The number of aliphatic carboxylic acids is 1. The summed E-state index contributed by atoms with van der Waals surface area (Å²) < 4.78 is 0. The molecule has 2 aliphatic rings. The van der Waals surface area contributed by atoms with Crippen molar-refractivity contribution in [3.63, 3.8) is 0 Å². The van der Waals surface area contributed by atoms with Crippen LogP contribution < -0.4 is 5.32 Å². The number of rotatable bonds is 3. The number of carbonyl (C=O) groups excluding carboxylic acids is 1. The number of hydrogen-bond acceptors (Lipinski definition) is 3. The van der Waals surface area contributed by atoms with Crippen molar-refractivity contribution in [3.8, 4) is 0 Å². The molecule has 16 heavy (non-hydrogen) atoms. The van der Waals surface area contributed by atoms with Crippen LogP contribution in [-0.2, 0) is 9.59 Å². The minimum Gasteiger partial charge on any atom is -0.481 e. The molecule has 2 N–H and O–H groups in total. The van der Waals surface area contributed by atoms with Gasteiger partial charge in [-0.05, 0) is 12.3 Å². The van der Waals surface area contributed by atoms with Crippen LogP contribution in [0.2, 0.25) is 0 Å². The molecular formula is C11H18N2O3. The van der Waals surface area contributed by atoms with Crippen LogP contribution in [0, 0.1) is 11.8 Å². The first-order valence-electron chi connectivity index (χ1n) is 5.81. The molecule has 3 unspecified atom stereocenters. The van der Waals surface area contributed by atoms with Gasteiger partial charge in [-0.25, -0.2) is 0 Å². The Bertz CT molecular complexity index is 306. The van der Waals surface area contributed by atoms with Gasteiger partial charge in [0.15, 0.2) is 0 Å². The van der Waals surface area contributed by atoms with Crippen LogP contribution >= 0.6 is 0 Å². The monoisotopic (exact) mass is 226 g/mol. The molecule has 0 aromatic rings. The zero-order valence-corrected chi connectivity index (χ0v) is 9.48. The lowest BCUT2D eigenvalue weighted by molar-refractivity contribution is -0.142. The number of nitrogens with zero attached hydrogens (tertiary/aromatic N) is 1. The van der Waals surface area contributed by atoms with E-state index in [9.17, 15) is 9.59 Å². The Morgan fingerprint density at radius 2 is 2.31 bits per heavy atom. The lowest BCUT2D eigenvalue weighted by atomic mass is 9.99. The molecule has 2 fully saturated rings. The van der Waals surface area contributed by atoms with Crippen molar-refractivity contribution >= 4 is 11.9 Å². The molecule has 2 heterocycles. The van der Waals surface area contributed by atoms with Gasteiger partial charge >= 0.3 is 5.97 Å². The van der Waals surface area contributed by atoms with Gasteiger partial charge in [0.1, 0.15) is 0 Å². The number of carbonyl (C=O) groups is 2. The molecule has 0 aliphatic carbocycles. The predicted octanol–water partition coefficient (Wildman–Crippen LogP) is -0.0825. The smallest absolute Gasteiger partial charge is 0.308 e. The van der Waals surface area contributed by atoms with Gasteiger partial charge in [0.25, 0.3) is 0 Å². The van der Waals surface area contributed by atoms with Gasteiger partial charge in [-0.2, -0.15) is 0 Å². The van der Waals surface area contributed by atoms with E-state index in [2.05, 4.69) is 10.2 Å². The highest BCUT2D eigenvalue weighted by Crippen LogP contribution is 2.24. The summed E-state index contributed by atoms with van der Waals surface area (Å²) >= 11 is 0. The fraction of sp³-hybridized carbons (Fsp3) is 0.818. The van der Waals surface area contributed by atoms with Crippen LogP contribution in [0.15, 0.2) is 0 Å². The van der Waals surface area contributed by atoms with Crippen molar-refractivity contribution in [2.45, 2.75) is 25.8 Å². The van der Waals surface area contributed by atoms with E-state index in [1.54, 1.807) is 0 Å². The van der Waals surface area contributed by atoms with Gasteiger partial charge in [-0.3, -0.25) is 9.59 Å². The molecule has 0 radical (unpaired) electrons. The van der Waals surface area contributed by atoms with Crippen LogP contribution in [0.1, 0.15) is 19.8 Å². The molecule has 2 saturated heterocycles. The lowest BCUT2D eigenvalue weighted by Crippen LogP contribution is -2.38. The minimum absolute atomic E-state index is 0.118. The number of carboxylic acid groups (broad SMARTS) is 1. The third-order valence-electron chi connectivity index (χ3n) is 3.57. The van der Waals surface area contributed by atoms with Crippen molar-refractivity contribution < 1.29 is 14.7 Å². The molecular weight excluding hydrogens is 208 g/mol. The predicted molar refractivity (Wildman–Crippen MR) is 57.9 cm³/mol. The first-order valence-corrected chi connectivity index (χ1v) is 5.81. The van der Waals surface area contributed by atoms with E-state index in [-0.39, 0.29) is 23.8 Å². The van der Waals surface area contributed by atoms with E-state index in [0.29, 0.717) is 13.0 Å². The lowest BCUT2D eigenvalue weighted by Gasteiger charge is -2.19. The fourth-order valence-electron chi connectivity index (χ4n) is 2.66. The number of nitrogens with one attached hydrogen (secondary N) is 1. The van der Waals surface area contributed by atoms with Gasteiger partial charge in [0.2, 0.25) is 5.91 Å². The van der Waals surface area contributed by atoms with Crippen molar-refractivity contribution in [3.05, 3.63) is 0 Å². The number of hydrogen-bond donors (Lipinski definition) is 2. The van der Waals surface area contributed by atoms with E-state index in [4.69, 9.17) is 5.11 Å². The molecule has 5 heteroatoms. The van der Waals surface area contributed by atoms with E-state index in [0.717, 1.165) is 19.5 Å². The Balaban J connectivity index is 1.84. The van der Waals surface area contributed by atoms with E-state index in [1.165, 1.54) is 0 Å². The summed E-state index contributed by atoms with van der Waals surface area (Å²) in [7, 11) is 0. The Kier molecular flexibility index (Phi) is 3.14. The van der Waals surface area contributed by atoms with Crippen molar-refractivity contribution in [1.82, 2.24) is 10.2 Å². The van der Waals surface area contributed by atoms with Crippen molar-refractivity contribution in [2.75, 3.05) is 19.6 Å². The second-order valence-electron chi connectivity index (χ2n) is 4.94. The van der Waals surface area contributed by atoms with E-state index in [1.807, 2.05) is 6.92 Å². The van der Waals surface area contributed by atoms with Crippen molar-refractivity contribution in [2.24, 2.45) is 11.8 Å². The van der Waals surface area contributed by atoms with Crippen LogP contribution in [0.5, 0.6) is 0 Å². The molecule has 2 rings (SSSR count). The third-order valence-corrected chi connectivity index (χ3v) is 3.57. The molecule has 3 atom stereocenters. The van der Waals surface area contributed by atoms with Gasteiger partial charge < -0.3 is 15.3 Å². The summed E-state index contributed by atoms with van der Waals surface area (Å²) in [5.74, 6) is -0.635. The quantitative estimate of drug-likeness (QED) is 0.706. The molecule has 1 amide bonds. The SMILES string of the molecule is CC1CN(CC2CCC(=O)N2)CC1C(=O)O. The summed E-state index contributed by atoms with van der Waals surface area (Å²) in [6, 6.07) is 0.215. The van der Waals surface area contributed by atoms with Gasteiger partial charge in [0, 0.05) is 32.1 Å². The van der Waals surface area contributed by atoms with E-state index >= 15 is 0 Å². The second kappa shape index (κ2) is 4.41. The second-order valence-corrected chi connectivity index (χ2v) is 4.94. The highest BCUT2D eigenvalue weighted by Gasteiger charge is 2.36. The zero-order chi connectivity index (χ0) is 11.7. The third kappa shape index (κ3) is 2.35. The summed E-state index contributed by atoms with van der Waals surface area (Å²) in [6.45, 7) is 4.21. The molecule has 0 aromatic carbocycles. The summed E-state index contributed by atoms with van der Waals surface area (Å²) in [6.07, 6.45) is 1.48.